The largest absolute Gasteiger partial charge is 0.482 e. The molecule has 0 atom stereocenters. The van der Waals surface area contributed by atoms with Crippen LogP contribution in [0.5, 0.6) is 5.75 Å². The summed E-state index contributed by atoms with van der Waals surface area (Å²) in [6, 6.07) is 5.59. The molecular weight excluding hydrogens is 280 g/mol. The molecule has 4 rings (SSSR count). The predicted octanol–water partition coefficient (Wildman–Crippen LogP) is 2.37. The van der Waals surface area contributed by atoms with Gasteiger partial charge in [-0.25, -0.2) is 9.97 Å². The van der Waals surface area contributed by atoms with Crippen LogP contribution in [0, 0.1) is 0 Å². The van der Waals surface area contributed by atoms with Crippen LogP contribution in [0.3, 0.4) is 0 Å². The SMILES string of the molecule is C=Cc1nc(-c2ccc3c(c2)NC(=O)CO3)cn2ccnc12. The zero-order valence-corrected chi connectivity index (χ0v) is 11.6. The number of nitrogens with zero attached hydrogens (tertiary/aromatic N) is 3. The highest BCUT2D eigenvalue weighted by atomic mass is 16.5. The van der Waals surface area contributed by atoms with Crippen molar-refractivity contribution in [2.24, 2.45) is 0 Å². The summed E-state index contributed by atoms with van der Waals surface area (Å²) in [7, 11) is 0. The summed E-state index contributed by atoms with van der Waals surface area (Å²) in [5.41, 5.74) is 3.77. The van der Waals surface area contributed by atoms with E-state index in [1.165, 1.54) is 0 Å². The number of ether oxygens (including phenoxy) is 1. The number of carbonyl (C=O) groups excluding carboxylic acids is 1. The number of fused-ring (bicyclic) bond motifs is 2. The maximum absolute atomic E-state index is 11.4. The van der Waals surface area contributed by atoms with Crippen LogP contribution in [0.1, 0.15) is 5.69 Å². The molecule has 0 spiro atoms. The van der Waals surface area contributed by atoms with Gasteiger partial charge in [-0.15, -0.1) is 0 Å². The molecule has 6 heteroatoms. The lowest BCUT2D eigenvalue weighted by atomic mass is 10.1. The van der Waals surface area contributed by atoms with E-state index in [0.29, 0.717) is 17.1 Å². The molecule has 0 saturated heterocycles. The Morgan fingerprint density at radius 3 is 3.18 bits per heavy atom. The van der Waals surface area contributed by atoms with Gasteiger partial charge in [0.15, 0.2) is 12.3 Å². The summed E-state index contributed by atoms with van der Waals surface area (Å²) < 4.78 is 7.26. The molecule has 1 aliphatic rings. The fourth-order valence-electron chi connectivity index (χ4n) is 2.47. The van der Waals surface area contributed by atoms with E-state index in [2.05, 4.69) is 21.9 Å². The van der Waals surface area contributed by atoms with Crippen molar-refractivity contribution in [3.63, 3.8) is 0 Å². The van der Waals surface area contributed by atoms with Gasteiger partial charge in [0.05, 0.1) is 11.4 Å². The van der Waals surface area contributed by atoms with Crippen LogP contribution in [-0.4, -0.2) is 26.9 Å². The molecule has 108 valence electrons. The third kappa shape index (κ3) is 1.93. The second kappa shape index (κ2) is 4.70. The van der Waals surface area contributed by atoms with Gasteiger partial charge in [0.2, 0.25) is 0 Å². The number of amides is 1. The first kappa shape index (κ1) is 12.6. The van der Waals surface area contributed by atoms with Crippen LogP contribution in [0.4, 0.5) is 5.69 Å². The number of anilines is 1. The van der Waals surface area contributed by atoms with Gasteiger partial charge in [-0.2, -0.15) is 0 Å². The average Bonchev–Trinajstić information content (AvgIpc) is 3.01. The average molecular weight is 292 g/mol. The lowest BCUT2D eigenvalue weighted by Gasteiger charge is -2.18. The molecule has 1 amide bonds. The van der Waals surface area contributed by atoms with Crippen molar-refractivity contribution in [3.05, 3.63) is 49.1 Å². The molecule has 3 heterocycles. The third-order valence-electron chi connectivity index (χ3n) is 3.50. The summed E-state index contributed by atoms with van der Waals surface area (Å²) in [6.07, 6.45) is 7.14. The maximum atomic E-state index is 11.4. The lowest BCUT2D eigenvalue weighted by molar-refractivity contribution is -0.118. The number of hydrogen-bond acceptors (Lipinski definition) is 4. The molecular formula is C16H12N4O2. The summed E-state index contributed by atoms with van der Waals surface area (Å²) in [4.78, 5) is 20.3. The van der Waals surface area contributed by atoms with Crippen molar-refractivity contribution in [1.82, 2.24) is 14.4 Å². The highest BCUT2D eigenvalue weighted by Crippen LogP contribution is 2.32. The maximum Gasteiger partial charge on any atom is 0.262 e. The molecule has 0 saturated carbocycles. The van der Waals surface area contributed by atoms with Crippen LogP contribution in [0.2, 0.25) is 0 Å². The Labute approximate surface area is 126 Å². The minimum atomic E-state index is -0.158. The standard InChI is InChI=1S/C16H12N4O2/c1-2-11-16-17-5-6-20(16)8-13(18-11)10-3-4-14-12(7-10)19-15(21)9-22-14/h2-8H,1,9H2,(H,19,21). The van der Waals surface area contributed by atoms with E-state index in [1.54, 1.807) is 12.3 Å². The zero-order chi connectivity index (χ0) is 15.1. The van der Waals surface area contributed by atoms with Crippen LogP contribution in [0.15, 0.2) is 43.4 Å². The molecule has 1 aliphatic heterocycles. The van der Waals surface area contributed by atoms with E-state index in [1.807, 2.05) is 35.0 Å². The quantitative estimate of drug-likeness (QED) is 0.787. The summed E-state index contributed by atoms with van der Waals surface area (Å²) >= 11 is 0. The Morgan fingerprint density at radius 2 is 2.32 bits per heavy atom. The first-order chi connectivity index (χ1) is 10.7. The molecule has 2 aromatic heterocycles. The van der Waals surface area contributed by atoms with Crippen molar-refractivity contribution < 1.29 is 9.53 Å². The molecule has 1 aromatic carbocycles. The number of hydrogen-bond donors (Lipinski definition) is 1. The molecule has 6 nitrogen and oxygen atoms in total. The van der Waals surface area contributed by atoms with Crippen molar-refractivity contribution in [1.29, 1.82) is 0 Å². The zero-order valence-electron chi connectivity index (χ0n) is 11.6. The Hall–Kier alpha value is -3.15. The van der Waals surface area contributed by atoms with Crippen LogP contribution in [-0.2, 0) is 4.79 Å². The Morgan fingerprint density at radius 1 is 1.41 bits per heavy atom. The van der Waals surface area contributed by atoms with Crippen LogP contribution < -0.4 is 10.1 Å². The number of nitrogens with one attached hydrogen (secondary N) is 1. The van der Waals surface area contributed by atoms with E-state index >= 15 is 0 Å². The van der Waals surface area contributed by atoms with E-state index in [0.717, 1.165) is 16.9 Å². The smallest absolute Gasteiger partial charge is 0.262 e. The van der Waals surface area contributed by atoms with Crippen LogP contribution in [0.25, 0.3) is 23.0 Å². The minimum absolute atomic E-state index is 0.0478. The summed E-state index contributed by atoms with van der Waals surface area (Å²) in [6.45, 7) is 3.83. The van der Waals surface area contributed by atoms with E-state index in [9.17, 15) is 4.79 Å². The van der Waals surface area contributed by atoms with Crippen LogP contribution >= 0.6 is 0 Å². The topological polar surface area (TPSA) is 68.5 Å². The normalized spacial score (nSPS) is 13.4. The first-order valence-corrected chi connectivity index (χ1v) is 6.78. The fourth-order valence-corrected chi connectivity index (χ4v) is 2.47. The molecule has 0 bridgehead atoms. The number of benzene rings is 1. The van der Waals surface area contributed by atoms with Gasteiger partial charge >= 0.3 is 0 Å². The first-order valence-electron chi connectivity index (χ1n) is 6.78. The second-order valence-corrected chi connectivity index (χ2v) is 4.92. The highest BCUT2D eigenvalue weighted by molar-refractivity contribution is 5.96. The minimum Gasteiger partial charge on any atom is -0.482 e. The fraction of sp³-hybridized carbons (Fsp3) is 0.0625. The van der Waals surface area contributed by atoms with Crippen molar-refractivity contribution in [2.45, 2.75) is 0 Å². The van der Waals surface area contributed by atoms with Crippen molar-refractivity contribution >= 4 is 23.3 Å². The molecule has 22 heavy (non-hydrogen) atoms. The lowest BCUT2D eigenvalue weighted by Crippen LogP contribution is -2.25. The molecule has 0 radical (unpaired) electrons. The molecule has 0 fully saturated rings. The van der Waals surface area contributed by atoms with Gasteiger partial charge in [-0.3, -0.25) is 4.79 Å². The number of carbonyl (C=O) groups is 1. The van der Waals surface area contributed by atoms with Gasteiger partial charge in [-0.1, -0.05) is 6.58 Å². The van der Waals surface area contributed by atoms with Crippen molar-refractivity contribution in [3.8, 4) is 17.0 Å². The van der Waals surface area contributed by atoms with E-state index in [4.69, 9.17) is 4.74 Å². The van der Waals surface area contributed by atoms with Crippen molar-refractivity contribution in [2.75, 3.05) is 11.9 Å². The Kier molecular flexibility index (Phi) is 2.69. The second-order valence-electron chi connectivity index (χ2n) is 4.92. The van der Waals surface area contributed by atoms with Gasteiger partial charge < -0.3 is 14.5 Å². The predicted molar refractivity (Wildman–Crippen MR) is 82.6 cm³/mol. The monoisotopic (exact) mass is 292 g/mol. The third-order valence-corrected chi connectivity index (χ3v) is 3.50. The van der Waals surface area contributed by atoms with Gasteiger partial charge in [0.1, 0.15) is 11.4 Å². The molecule has 3 aromatic rings. The van der Waals surface area contributed by atoms with Gasteiger partial charge in [-0.05, 0) is 24.3 Å². The van der Waals surface area contributed by atoms with Gasteiger partial charge in [0, 0.05) is 24.2 Å². The molecule has 1 N–H and O–H groups in total. The Balaban J connectivity index is 1.86. The molecule has 0 aliphatic carbocycles. The summed E-state index contributed by atoms with van der Waals surface area (Å²) in [5.74, 6) is 0.505. The van der Waals surface area contributed by atoms with E-state index < -0.39 is 0 Å². The molecule has 0 unspecified atom stereocenters. The number of imidazole rings is 1. The number of aromatic nitrogens is 3. The summed E-state index contributed by atoms with van der Waals surface area (Å²) in [5, 5.41) is 2.80. The Bertz CT molecular complexity index is 914. The highest BCUT2D eigenvalue weighted by Gasteiger charge is 2.17. The van der Waals surface area contributed by atoms with E-state index in [-0.39, 0.29) is 12.5 Å². The van der Waals surface area contributed by atoms with Gasteiger partial charge in [0.25, 0.3) is 5.91 Å². The number of rotatable bonds is 2.